The molecule has 0 radical (unpaired) electrons. The molecule has 0 bridgehead atoms. The van der Waals surface area contributed by atoms with Crippen molar-refractivity contribution in [1.29, 1.82) is 0 Å². The summed E-state index contributed by atoms with van der Waals surface area (Å²) in [4.78, 5) is 47.3. The van der Waals surface area contributed by atoms with Crippen LogP contribution in [0.1, 0.15) is 94.5 Å². The van der Waals surface area contributed by atoms with Crippen LogP contribution in [-0.2, 0) is 9.59 Å². The molecule has 4 rings (SSSR count). The number of piperidine rings is 1. The minimum atomic E-state index is -0.856. The van der Waals surface area contributed by atoms with Crippen molar-refractivity contribution in [2.45, 2.75) is 101 Å². The molecule has 1 spiro atoms. The number of aromatic nitrogens is 1. The number of ether oxygens (including phenoxy) is 1. The Hall–Kier alpha value is -2.72. The van der Waals surface area contributed by atoms with E-state index >= 15 is 0 Å². The van der Waals surface area contributed by atoms with Crippen LogP contribution in [0.5, 0.6) is 5.75 Å². The van der Waals surface area contributed by atoms with E-state index in [2.05, 4.69) is 27.4 Å². The monoisotopic (exact) mass is 557 g/mol. The maximum Gasteiger partial charge on any atom is 0.269 e. The van der Waals surface area contributed by atoms with Gasteiger partial charge in [-0.3, -0.25) is 14.4 Å². The molecule has 2 saturated heterocycles. The Balaban J connectivity index is 1.26. The second-order valence-corrected chi connectivity index (χ2v) is 11.7. The van der Waals surface area contributed by atoms with Crippen LogP contribution in [0, 0.1) is 0 Å². The van der Waals surface area contributed by atoms with Crippen molar-refractivity contribution < 1.29 is 24.2 Å². The largest absolute Gasteiger partial charge is 0.492 e. The minimum Gasteiger partial charge on any atom is -0.492 e. The van der Waals surface area contributed by atoms with E-state index in [0.29, 0.717) is 56.7 Å². The number of amides is 3. The van der Waals surface area contributed by atoms with Crippen LogP contribution in [-0.4, -0.2) is 94.6 Å². The molecule has 0 aromatic carbocycles. The molecule has 10 heteroatoms. The van der Waals surface area contributed by atoms with E-state index in [1.54, 1.807) is 25.4 Å². The number of hydrogen-bond acceptors (Lipinski definition) is 7. The van der Waals surface area contributed by atoms with Crippen LogP contribution in [0.15, 0.2) is 18.3 Å². The van der Waals surface area contributed by atoms with E-state index in [1.165, 1.54) is 0 Å². The predicted octanol–water partition coefficient (Wildman–Crippen LogP) is 2.65. The quantitative estimate of drug-likeness (QED) is 0.338. The number of carbonyl (C=O) groups is 3. The van der Waals surface area contributed by atoms with Crippen LogP contribution in [0.2, 0.25) is 0 Å². The average Bonchev–Trinajstić information content (AvgIpc) is 2.97. The second-order valence-electron chi connectivity index (χ2n) is 11.7. The summed E-state index contributed by atoms with van der Waals surface area (Å²) in [6.07, 6.45) is 11.3. The van der Waals surface area contributed by atoms with Gasteiger partial charge in [-0.15, -0.1) is 0 Å². The number of rotatable bonds is 12. The first-order valence-electron chi connectivity index (χ1n) is 15.2. The van der Waals surface area contributed by atoms with Crippen LogP contribution >= 0.6 is 0 Å². The molecule has 1 aromatic heterocycles. The minimum absolute atomic E-state index is 0.0181. The summed E-state index contributed by atoms with van der Waals surface area (Å²) in [6, 6.07) is 2.77. The van der Waals surface area contributed by atoms with E-state index < -0.39 is 17.2 Å². The van der Waals surface area contributed by atoms with E-state index in [-0.39, 0.29) is 17.7 Å². The zero-order valence-electron chi connectivity index (χ0n) is 24.3. The molecule has 3 aliphatic rings. The normalized spacial score (nSPS) is 22.7. The molecule has 1 aromatic rings. The van der Waals surface area contributed by atoms with Crippen molar-refractivity contribution >= 4 is 17.7 Å². The highest BCUT2D eigenvalue weighted by molar-refractivity contribution is 6.00. The summed E-state index contributed by atoms with van der Waals surface area (Å²) in [6.45, 7) is 5.70. The lowest BCUT2D eigenvalue weighted by molar-refractivity contribution is -0.163. The van der Waals surface area contributed by atoms with Gasteiger partial charge in [-0.2, -0.15) is 0 Å². The first kappa shape index (κ1) is 30.2. The molecule has 2 aliphatic heterocycles. The molecule has 1 atom stereocenters. The van der Waals surface area contributed by atoms with Gasteiger partial charge in [0, 0.05) is 33.1 Å². The van der Waals surface area contributed by atoms with Crippen LogP contribution < -0.4 is 15.4 Å². The number of aliphatic hydroxyl groups is 1. The van der Waals surface area contributed by atoms with Gasteiger partial charge in [-0.05, 0) is 63.6 Å². The Kier molecular flexibility index (Phi) is 10.4. The maximum atomic E-state index is 13.7. The molecule has 3 N–H and O–H groups in total. The lowest BCUT2D eigenvalue weighted by Gasteiger charge is -2.52. The third kappa shape index (κ3) is 7.13. The number of carbonyl (C=O) groups excluding carboxylic acids is 3. The predicted molar refractivity (Wildman–Crippen MR) is 152 cm³/mol. The van der Waals surface area contributed by atoms with Gasteiger partial charge in [0.2, 0.25) is 11.8 Å². The van der Waals surface area contributed by atoms with Crippen LogP contribution in [0.25, 0.3) is 0 Å². The molecule has 1 aliphatic carbocycles. The van der Waals surface area contributed by atoms with Gasteiger partial charge < -0.3 is 30.3 Å². The number of nitrogens with zero attached hydrogens (tertiary/aromatic N) is 3. The fraction of sp³-hybridized carbons (Fsp3) is 0.733. The summed E-state index contributed by atoms with van der Waals surface area (Å²) in [5.74, 6) is 0.352. The Labute approximate surface area is 238 Å². The Bertz CT molecular complexity index is 1000. The van der Waals surface area contributed by atoms with E-state index in [0.717, 1.165) is 64.6 Å². The molecule has 222 valence electrons. The fourth-order valence-corrected chi connectivity index (χ4v) is 6.45. The summed E-state index contributed by atoms with van der Waals surface area (Å²) < 4.78 is 5.78. The average molecular weight is 558 g/mol. The van der Waals surface area contributed by atoms with Crippen molar-refractivity contribution in [3.63, 3.8) is 0 Å². The third-order valence-corrected chi connectivity index (χ3v) is 8.93. The molecular formula is C30H47N5O5. The van der Waals surface area contributed by atoms with Crippen LogP contribution in [0.3, 0.4) is 0 Å². The SMILES string of the molecule is CCCCN1C(=O)[C@@H](CC2(O)CCCCC2)NC(=O)C12CCN(CCCCOc1ccc(C(=O)NC)nc1)CC2. The van der Waals surface area contributed by atoms with Gasteiger partial charge in [-0.25, -0.2) is 4.98 Å². The van der Waals surface area contributed by atoms with Crippen molar-refractivity contribution in [2.24, 2.45) is 0 Å². The van der Waals surface area contributed by atoms with Gasteiger partial charge in [0.15, 0.2) is 0 Å². The number of unbranched alkanes of at least 4 members (excludes halogenated alkanes) is 2. The Morgan fingerprint density at radius 1 is 1.10 bits per heavy atom. The molecule has 3 amide bonds. The van der Waals surface area contributed by atoms with Gasteiger partial charge in [0.05, 0.1) is 18.4 Å². The zero-order chi connectivity index (χ0) is 28.6. The van der Waals surface area contributed by atoms with Gasteiger partial charge in [0.1, 0.15) is 23.0 Å². The highest BCUT2D eigenvalue weighted by Crippen LogP contribution is 2.37. The lowest BCUT2D eigenvalue weighted by Crippen LogP contribution is -2.73. The topological polar surface area (TPSA) is 124 Å². The zero-order valence-corrected chi connectivity index (χ0v) is 24.3. The Morgan fingerprint density at radius 2 is 1.85 bits per heavy atom. The highest BCUT2D eigenvalue weighted by Gasteiger charge is 2.54. The number of likely N-dealkylation sites (tertiary alicyclic amines) is 1. The molecule has 40 heavy (non-hydrogen) atoms. The van der Waals surface area contributed by atoms with E-state index in [9.17, 15) is 19.5 Å². The van der Waals surface area contributed by atoms with Gasteiger partial charge in [-0.1, -0.05) is 32.6 Å². The second kappa shape index (κ2) is 13.8. The first-order valence-corrected chi connectivity index (χ1v) is 15.2. The number of nitrogens with one attached hydrogen (secondary N) is 2. The summed E-state index contributed by atoms with van der Waals surface area (Å²) in [5, 5.41) is 16.7. The van der Waals surface area contributed by atoms with Crippen LogP contribution in [0.4, 0.5) is 0 Å². The summed E-state index contributed by atoms with van der Waals surface area (Å²) in [7, 11) is 1.57. The summed E-state index contributed by atoms with van der Waals surface area (Å²) in [5.41, 5.74) is -1.28. The smallest absolute Gasteiger partial charge is 0.269 e. The molecular weight excluding hydrogens is 510 g/mol. The number of pyridine rings is 1. The third-order valence-electron chi connectivity index (χ3n) is 8.93. The molecule has 0 unspecified atom stereocenters. The van der Waals surface area contributed by atoms with Crippen molar-refractivity contribution in [2.75, 3.05) is 39.8 Å². The Morgan fingerprint density at radius 3 is 2.50 bits per heavy atom. The van der Waals surface area contributed by atoms with Gasteiger partial charge in [0.25, 0.3) is 5.91 Å². The fourth-order valence-electron chi connectivity index (χ4n) is 6.45. The standard InChI is InChI=1S/C30H47N5O5/c1-3-4-17-35-27(37)25(21-29(39)12-6-5-7-13-29)33-28(38)30(35)14-18-34(19-15-30)16-8-9-20-40-23-10-11-24(32-22-23)26(36)31-2/h10-11,22,25,39H,3-9,12-21H2,1-2H3,(H,31,36)(H,33,38)/t25-/m1/s1. The molecule has 3 fully saturated rings. The molecule has 10 nitrogen and oxygen atoms in total. The lowest BCUT2D eigenvalue weighted by atomic mass is 9.77. The summed E-state index contributed by atoms with van der Waals surface area (Å²) >= 11 is 0. The van der Waals surface area contributed by atoms with E-state index in [1.807, 2.05) is 4.90 Å². The van der Waals surface area contributed by atoms with Gasteiger partial charge >= 0.3 is 0 Å². The van der Waals surface area contributed by atoms with Crippen molar-refractivity contribution in [3.05, 3.63) is 24.0 Å². The first-order chi connectivity index (χ1) is 19.3. The molecule has 1 saturated carbocycles. The number of hydrogen-bond donors (Lipinski definition) is 3. The highest BCUT2D eigenvalue weighted by atomic mass is 16.5. The molecule has 3 heterocycles. The van der Waals surface area contributed by atoms with Crippen molar-refractivity contribution in [1.82, 2.24) is 25.4 Å². The van der Waals surface area contributed by atoms with E-state index in [4.69, 9.17) is 4.74 Å². The maximum absolute atomic E-state index is 13.7. The number of piperazine rings is 1. The van der Waals surface area contributed by atoms with Crippen molar-refractivity contribution in [3.8, 4) is 5.75 Å².